The molecule has 4 heteroatoms. The molecule has 0 atom stereocenters. The number of fused-ring (bicyclic) bond motifs is 2. The van der Waals surface area contributed by atoms with Crippen LogP contribution in [0.5, 0.6) is 5.75 Å². The zero-order valence-corrected chi connectivity index (χ0v) is 15.1. The van der Waals surface area contributed by atoms with Gasteiger partial charge < -0.3 is 9.64 Å². The molecule has 1 aliphatic heterocycles. The summed E-state index contributed by atoms with van der Waals surface area (Å²) in [6, 6.07) is 16.0. The standard InChI is InChI=1S/C22H22N2O2/c1-15(2)24(14-16-12-18-6-3-4-9-20(18)23-13-16)22(25)19-8-5-7-17-10-11-26-21(17)19/h3-9,12-13,15H,10-11,14H2,1-2H3. The van der Waals surface area contributed by atoms with E-state index in [4.69, 9.17) is 4.74 Å². The van der Waals surface area contributed by atoms with E-state index in [2.05, 4.69) is 11.1 Å². The molecule has 0 radical (unpaired) electrons. The van der Waals surface area contributed by atoms with Gasteiger partial charge in [-0.3, -0.25) is 9.78 Å². The second-order valence-corrected chi connectivity index (χ2v) is 6.96. The number of aromatic nitrogens is 1. The number of para-hydroxylation sites is 2. The molecule has 0 saturated carbocycles. The molecule has 0 aliphatic carbocycles. The van der Waals surface area contributed by atoms with Crippen LogP contribution in [-0.2, 0) is 13.0 Å². The smallest absolute Gasteiger partial charge is 0.258 e. The molecule has 0 N–H and O–H groups in total. The van der Waals surface area contributed by atoms with Crippen LogP contribution in [0.15, 0.2) is 54.7 Å². The summed E-state index contributed by atoms with van der Waals surface area (Å²) >= 11 is 0. The van der Waals surface area contributed by atoms with Crippen LogP contribution in [0.3, 0.4) is 0 Å². The lowest BCUT2D eigenvalue weighted by molar-refractivity contribution is 0.0686. The Labute approximate surface area is 153 Å². The van der Waals surface area contributed by atoms with Crippen molar-refractivity contribution in [3.63, 3.8) is 0 Å². The summed E-state index contributed by atoms with van der Waals surface area (Å²) in [5, 5.41) is 1.09. The maximum Gasteiger partial charge on any atom is 0.258 e. The number of ether oxygens (including phenoxy) is 1. The van der Waals surface area contributed by atoms with Gasteiger partial charge in [-0.2, -0.15) is 0 Å². The molecule has 0 spiro atoms. The van der Waals surface area contributed by atoms with Crippen molar-refractivity contribution in [3.05, 3.63) is 71.4 Å². The minimum absolute atomic E-state index is 0.00640. The Kier molecular flexibility index (Phi) is 4.33. The van der Waals surface area contributed by atoms with E-state index in [0.717, 1.165) is 34.2 Å². The quantitative estimate of drug-likeness (QED) is 0.710. The van der Waals surface area contributed by atoms with Gasteiger partial charge in [-0.05, 0) is 43.2 Å². The number of amides is 1. The molecule has 1 aliphatic rings. The Hall–Kier alpha value is -2.88. The number of carbonyl (C=O) groups excluding carboxylic acids is 1. The summed E-state index contributed by atoms with van der Waals surface area (Å²) < 4.78 is 5.73. The normalized spacial score (nSPS) is 12.9. The van der Waals surface area contributed by atoms with Crippen molar-refractivity contribution in [2.75, 3.05) is 6.61 Å². The van der Waals surface area contributed by atoms with Crippen LogP contribution in [-0.4, -0.2) is 28.4 Å². The lowest BCUT2D eigenvalue weighted by Gasteiger charge is -2.27. The molecule has 2 heterocycles. The summed E-state index contributed by atoms with van der Waals surface area (Å²) in [6.45, 7) is 5.25. The van der Waals surface area contributed by atoms with Gasteiger partial charge >= 0.3 is 0 Å². The largest absolute Gasteiger partial charge is 0.492 e. The van der Waals surface area contributed by atoms with Crippen molar-refractivity contribution in [3.8, 4) is 5.75 Å². The molecule has 0 unspecified atom stereocenters. The van der Waals surface area contributed by atoms with Crippen molar-refractivity contribution in [1.29, 1.82) is 0 Å². The van der Waals surface area contributed by atoms with Gasteiger partial charge in [0, 0.05) is 30.6 Å². The Morgan fingerprint density at radius 3 is 2.88 bits per heavy atom. The van der Waals surface area contributed by atoms with E-state index in [1.165, 1.54) is 0 Å². The summed E-state index contributed by atoms with van der Waals surface area (Å²) in [7, 11) is 0. The molecule has 4 rings (SSSR count). The minimum Gasteiger partial charge on any atom is -0.492 e. The summed E-state index contributed by atoms with van der Waals surface area (Å²) in [5.41, 5.74) is 3.77. The third-order valence-electron chi connectivity index (χ3n) is 4.83. The summed E-state index contributed by atoms with van der Waals surface area (Å²) in [6.07, 6.45) is 2.73. The lowest BCUT2D eigenvalue weighted by atomic mass is 10.1. The van der Waals surface area contributed by atoms with Crippen LogP contribution in [0.1, 0.15) is 35.3 Å². The van der Waals surface area contributed by atoms with Crippen LogP contribution in [0.4, 0.5) is 0 Å². The van der Waals surface area contributed by atoms with Crippen molar-refractivity contribution in [2.45, 2.75) is 32.9 Å². The van der Waals surface area contributed by atoms with Gasteiger partial charge in [-0.15, -0.1) is 0 Å². The van der Waals surface area contributed by atoms with E-state index in [0.29, 0.717) is 18.7 Å². The first-order chi connectivity index (χ1) is 12.6. The van der Waals surface area contributed by atoms with E-state index in [9.17, 15) is 4.79 Å². The minimum atomic E-state index is 0.00640. The van der Waals surface area contributed by atoms with Gasteiger partial charge in [-0.25, -0.2) is 0 Å². The molecule has 0 saturated heterocycles. The van der Waals surface area contributed by atoms with E-state index >= 15 is 0 Å². The SMILES string of the molecule is CC(C)N(Cc1cnc2ccccc2c1)C(=O)c1cccc2c1OCC2. The Morgan fingerprint density at radius 2 is 2.04 bits per heavy atom. The lowest BCUT2D eigenvalue weighted by Crippen LogP contribution is -2.36. The van der Waals surface area contributed by atoms with Crippen LogP contribution in [0.2, 0.25) is 0 Å². The van der Waals surface area contributed by atoms with Crippen LogP contribution >= 0.6 is 0 Å². The molecule has 0 fully saturated rings. The van der Waals surface area contributed by atoms with Crippen molar-refractivity contribution in [1.82, 2.24) is 9.88 Å². The highest BCUT2D eigenvalue weighted by Crippen LogP contribution is 2.31. The maximum atomic E-state index is 13.2. The number of rotatable bonds is 4. The zero-order valence-electron chi connectivity index (χ0n) is 15.1. The van der Waals surface area contributed by atoms with Gasteiger partial charge in [0.1, 0.15) is 5.75 Å². The van der Waals surface area contributed by atoms with Crippen molar-refractivity contribution in [2.24, 2.45) is 0 Å². The molecule has 132 valence electrons. The fourth-order valence-electron chi connectivity index (χ4n) is 3.43. The van der Waals surface area contributed by atoms with Gasteiger partial charge in [0.25, 0.3) is 5.91 Å². The fraction of sp³-hybridized carbons (Fsp3) is 0.273. The van der Waals surface area contributed by atoms with Crippen molar-refractivity contribution >= 4 is 16.8 Å². The zero-order chi connectivity index (χ0) is 18.1. The highest BCUT2D eigenvalue weighted by atomic mass is 16.5. The van der Waals surface area contributed by atoms with Crippen LogP contribution in [0.25, 0.3) is 10.9 Å². The van der Waals surface area contributed by atoms with Crippen LogP contribution in [0, 0.1) is 0 Å². The monoisotopic (exact) mass is 346 g/mol. The van der Waals surface area contributed by atoms with Crippen LogP contribution < -0.4 is 4.74 Å². The first-order valence-electron chi connectivity index (χ1n) is 9.03. The van der Waals surface area contributed by atoms with E-state index < -0.39 is 0 Å². The molecule has 1 amide bonds. The first-order valence-corrected chi connectivity index (χ1v) is 9.03. The molecule has 0 bridgehead atoms. The fourth-order valence-corrected chi connectivity index (χ4v) is 3.43. The predicted molar refractivity (Wildman–Crippen MR) is 102 cm³/mol. The Balaban J connectivity index is 1.65. The van der Waals surface area contributed by atoms with E-state index in [-0.39, 0.29) is 11.9 Å². The number of pyridine rings is 1. The molecule has 1 aromatic heterocycles. The third kappa shape index (κ3) is 3.03. The predicted octanol–water partition coefficient (Wildman–Crippen LogP) is 4.22. The number of carbonyl (C=O) groups is 1. The second-order valence-electron chi connectivity index (χ2n) is 6.96. The molecular weight excluding hydrogens is 324 g/mol. The van der Waals surface area contributed by atoms with Gasteiger partial charge in [0.15, 0.2) is 0 Å². The Bertz CT molecular complexity index is 965. The summed E-state index contributed by atoms with van der Waals surface area (Å²) in [5.74, 6) is 0.756. The van der Waals surface area contributed by atoms with E-state index in [1.54, 1.807) is 0 Å². The van der Waals surface area contributed by atoms with Gasteiger partial charge in [0.05, 0.1) is 17.7 Å². The molecule has 26 heavy (non-hydrogen) atoms. The van der Waals surface area contributed by atoms with Gasteiger partial charge in [0.2, 0.25) is 0 Å². The number of hydrogen-bond acceptors (Lipinski definition) is 3. The maximum absolute atomic E-state index is 13.2. The molecule has 2 aromatic carbocycles. The summed E-state index contributed by atoms with van der Waals surface area (Å²) in [4.78, 5) is 19.6. The number of hydrogen-bond donors (Lipinski definition) is 0. The topological polar surface area (TPSA) is 42.4 Å². The molecule has 3 aromatic rings. The Morgan fingerprint density at radius 1 is 1.19 bits per heavy atom. The molecular formula is C22H22N2O2. The number of benzene rings is 2. The third-order valence-corrected chi connectivity index (χ3v) is 4.83. The average molecular weight is 346 g/mol. The second kappa shape index (κ2) is 6.79. The molecule has 4 nitrogen and oxygen atoms in total. The number of nitrogens with zero attached hydrogens (tertiary/aromatic N) is 2. The van der Waals surface area contributed by atoms with E-state index in [1.807, 2.05) is 67.4 Å². The highest BCUT2D eigenvalue weighted by molar-refractivity contribution is 5.97. The van der Waals surface area contributed by atoms with Crippen molar-refractivity contribution < 1.29 is 9.53 Å². The average Bonchev–Trinajstić information content (AvgIpc) is 3.14. The first kappa shape index (κ1) is 16.6. The van der Waals surface area contributed by atoms with Gasteiger partial charge in [-0.1, -0.05) is 30.3 Å². The highest BCUT2D eigenvalue weighted by Gasteiger charge is 2.26.